The number of benzene rings is 1. The number of ether oxygens (including phenoxy) is 1. The van der Waals surface area contributed by atoms with Crippen molar-refractivity contribution < 1.29 is 9.53 Å². The molecular weight excluding hydrogens is 250 g/mol. The maximum Gasteiger partial charge on any atom is 0.306 e. The first kappa shape index (κ1) is 14.8. The van der Waals surface area contributed by atoms with Gasteiger partial charge >= 0.3 is 5.97 Å². The van der Waals surface area contributed by atoms with Crippen LogP contribution in [0.3, 0.4) is 0 Å². The summed E-state index contributed by atoms with van der Waals surface area (Å²) in [5.41, 5.74) is 0.554. The highest BCUT2D eigenvalue weighted by Crippen LogP contribution is 2.41. The second kappa shape index (κ2) is 6.23. The number of carbonyl (C=O) groups excluding carboxylic acids is 1. The molecule has 0 bridgehead atoms. The monoisotopic (exact) mass is 273 g/mol. The van der Waals surface area contributed by atoms with Gasteiger partial charge in [0.1, 0.15) is 0 Å². The fourth-order valence-corrected chi connectivity index (χ4v) is 3.00. The van der Waals surface area contributed by atoms with E-state index in [-0.39, 0.29) is 12.0 Å². The predicted molar refractivity (Wildman–Crippen MR) is 80.4 cm³/mol. The number of rotatable bonds is 5. The summed E-state index contributed by atoms with van der Waals surface area (Å²) in [5.74, 6) is -0.138. The van der Waals surface area contributed by atoms with E-state index >= 15 is 0 Å². The van der Waals surface area contributed by atoms with Crippen LogP contribution in [0.2, 0.25) is 0 Å². The molecule has 0 amide bonds. The zero-order valence-electron chi connectivity index (χ0n) is 12.3. The first-order chi connectivity index (χ1) is 9.64. The van der Waals surface area contributed by atoms with Gasteiger partial charge in [0.15, 0.2) is 5.60 Å². The fraction of sp³-hybridized carbons (Fsp3) is 0.471. The Morgan fingerprint density at radius 1 is 1.50 bits per heavy atom. The van der Waals surface area contributed by atoms with Gasteiger partial charge in [0.25, 0.3) is 0 Å². The van der Waals surface area contributed by atoms with E-state index in [1.165, 1.54) is 0 Å². The van der Waals surface area contributed by atoms with Crippen LogP contribution in [-0.4, -0.2) is 30.0 Å². The minimum Gasteiger partial charge on any atom is -0.452 e. The minimum atomic E-state index is -0.530. The Morgan fingerprint density at radius 2 is 2.20 bits per heavy atom. The van der Waals surface area contributed by atoms with Gasteiger partial charge in [0.05, 0.1) is 6.04 Å². The van der Waals surface area contributed by atoms with Crippen LogP contribution < -0.4 is 0 Å². The van der Waals surface area contributed by atoms with Crippen molar-refractivity contribution in [3.8, 4) is 0 Å². The lowest BCUT2D eigenvalue weighted by Gasteiger charge is -2.36. The molecule has 108 valence electrons. The molecule has 0 unspecified atom stereocenters. The lowest BCUT2D eigenvalue weighted by atomic mass is 9.87. The molecule has 1 aromatic carbocycles. The van der Waals surface area contributed by atoms with Crippen LogP contribution in [0.4, 0.5) is 0 Å². The SMILES string of the molecule is C=CCN1CC[C@@](OC(=O)CC)(c2ccccc2)[C@@H]1C. The van der Waals surface area contributed by atoms with Crippen molar-refractivity contribution in [2.75, 3.05) is 13.1 Å². The highest BCUT2D eigenvalue weighted by molar-refractivity contribution is 5.70. The summed E-state index contributed by atoms with van der Waals surface area (Å²) in [6.45, 7) is 9.51. The third-order valence-electron chi connectivity index (χ3n) is 4.20. The van der Waals surface area contributed by atoms with Gasteiger partial charge in [-0.3, -0.25) is 9.69 Å². The maximum atomic E-state index is 11.9. The Morgan fingerprint density at radius 3 is 2.80 bits per heavy atom. The average Bonchev–Trinajstić information content (AvgIpc) is 2.79. The number of likely N-dealkylation sites (tertiary alicyclic amines) is 1. The molecular formula is C17H23NO2. The molecule has 0 saturated carbocycles. The lowest BCUT2D eigenvalue weighted by molar-refractivity contribution is -0.163. The largest absolute Gasteiger partial charge is 0.452 e. The minimum absolute atomic E-state index is 0.138. The molecule has 1 saturated heterocycles. The van der Waals surface area contributed by atoms with Gasteiger partial charge in [-0.2, -0.15) is 0 Å². The van der Waals surface area contributed by atoms with Gasteiger partial charge in [-0.1, -0.05) is 43.3 Å². The van der Waals surface area contributed by atoms with E-state index in [4.69, 9.17) is 4.74 Å². The van der Waals surface area contributed by atoms with Crippen molar-refractivity contribution in [1.82, 2.24) is 4.90 Å². The fourth-order valence-electron chi connectivity index (χ4n) is 3.00. The topological polar surface area (TPSA) is 29.5 Å². The average molecular weight is 273 g/mol. The molecule has 0 spiro atoms. The molecule has 1 aliphatic heterocycles. The highest BCUT2D eigenvalue weighted by atomic mass is 16.6. The molecule has 1 fully saturated rings. The Kier molecular flexibility index (Phi) is 4.61. The van der Waals surface area contributed by atoms with E-state index < -0.39 is 5.60 Å². The van der Waals surface area contributed by atoms with Gasteiger partial charge in [0, 0.05) is 25.9 Å². The van der Waals surface area contributed by atoms with E-state index in [1.54, 1.807) is 0 Å². The molecule has 3 heteroatoms. The summed E-state index contributed by atoms with van der Waals surface area (Å²) >= 11 is 0. The van der Waals surface area contributed by atoms with Crippen molar-refractivity contribution in [1.29, 1.82) is 0 Å². The summed E-state index contributed by atoms with van der Waals surface area (Å²) in [6.07, 6.45) is 3.14. The standard InChI is InChI=1S/C17H23NO2/c1-4-12-18-13-11-17(14(18)3,20-16(19)5-2)15-9-7-6-8-10-15/h4,6-10,14H,1,5,11-13H2,2-3H3/t14-,17-/m0/s1. The van der Waals surface area contributed by atoms with Gasteiger partial charge < -0.3 is 4.74 Å². The normalized spacial score (nSPS) is 26.4. The van der Waals surface area contributed by atoms with Crippen LogP contribution in [0.5, 0.6) is 0 Å². The Balaban J connectivity index is 2.35. The number of hydrogen-bond acceptors (Lipinski definition) is 3. The van der Waals surface area contributed by atoms with Crippen LogP contribution in [0, 0.1) is 0 Å². The predicted octanol–water partition coefficient (Wildman–Crippen LogP) is 3.12. The number of carbonyl (C=O) groups is 1. The summed E-state index contributed by atoms with van der Waals surface area (Å²) in [7, 11) is 0. The molecule has 2 rings (SSSR count). The first-order valence-electron chi connectivity index (χ1n) is 7.26. The highest BCUT2D eigenvalue weighted by Gasteiger charge is 2.48. The third-order valence-corrected chi connectivity index (χ3v) is 4.20. The molecule has 3 nitrogen and oxygen atoms in total. The first-order valence-corrected chi connectivity index (χ1v) is 7.26. The van der Waals surface area contributed by atoms with Crippen molar-refractivity contribution >= 4 is 5.97 Å². The Bertz CT molecular complexity index is 471. The Labute approximate surface area is 121 Å². The quantitative estimate of drug-likeness (QED) is 0.610. The lowest BCUT2D eigenvalue weighted by Crippen LogP contribution is -2.43. The number of esters is 1. The van der Waals surface area contributed by atoms with Crippen molar-refractivity contribution in [2.24, 2.45) is 0 Å². The molecule has 0 N–H and O–H groups in total. The summed E-state index contributed by atoms with van der Waals surface area (Å²) in [6, 6.07) is 10.2. The van der Waals surface area contributed by atoms with Crippen molar-refractivity contribution in [3.63, 3.8) is 0 Å². The Hall–Kier alpha value is -1.61. The van der Waals surface area contributed by atoms with E-state index in [2.05, 4.69) is 30.5 Å². The zero-order chi connectivity index (χ0) is 14.6. The summed E-state index contributed by atoms with van der Waals surface area (Å²) < 4.78 is 5.91. The van der Waals surface area contributed by atoms with Crippen LogP contribution >= 0.6 is 0 Å². The second-order valence-electron chi connectivity index (χ2n) is 5.29. The number of hydrogen-bond donors (Lipinski definition) is 0. The summed E-state index contributed by atoms with van der Waals surface area (Å²) in [5, 5.41) is 0. The van der Waals surface area contributed by atoms with Crippen LogP contribution in [-0.2, 0) is 15.1 Å². The molecule has 1 heterocycles. The van der Waals surface area contributed by atoms with Gasteiger partial charge in [0.2, 0.25) is 0 Å². The van der Waals surface area contributed by atoms with Gasteiger partial charge in [-0.05, 0) is 12.5 Å². The van der Waals surface area contributed by atoms with E-state index in [0.717, 1.165) is 25.1 Å². The van der Waals surface area contributed by atoms with Crippen LogP contribution in [0.25, 0.3) is 0 Å². The molecule has 2 atom stereocenters. The molecule has 0 radical (unpaired) electrons. The molecule has 0 aliphatic carbocycles. The molecule has 0 aromatic heterocycles. The van der Waals surface area contributed by atoms with E-state index in [1.807, 2.05) is 31.2 Å². The van der Waals surface area contributed by atoms with Crippen molar-refractivity contribution in [3.05, 3.63) is 48.6 Å². The summed E-state index contributed by atoms with van der Waals surface area (Å²) in [4.78, 5) is 14.2. The van der Waals surface area contributed by atoms with Crippen LogP contribution in [0.15, 0.2) is 43.0 Å². The van der Waals surface area contributed by atoms with Crippen molar-refractivity contribution in [2.45, 2.75) is 38.3 Å². The number of nitrogens with zero attached hydrogens (tertiary/aromatic N) is 1. The van der Waals surface area contributed by atoms with Gasteiger partial charge in [-0.15, -0.1) is 6.58 Å². The molecule has 1 aliphatic rings. The second-order valence-corrected chi connectivity index (χ2v) is 5.29. The zero-order valence-corrected chi connectivity index (χ0v) is 12.3. The third kappa shape index (κ3) is 2.63. The molecule has 1 aromatic rings. The smallest absolute Gasteiger partial charge is 0.306 e. The van der Waals surface area contributed by atoms with E-state index in [0.29, 0.717) is 6.42 Å². The van der Waals surface area contributed by atoms with E-state index in [9.17, 15) is 4.79 Å². The van der Waals surface area contributed by atoms with Crippen LogP contribution in [0.1, 0.15) is 32.3 Å². The molecule has 20 heavy (non-hydrogen) atoms. The maximum absolute atomic E-state index is 11.9. The van der Waals surface area contributed by atoms with Gasteiger partial charge in [-0.25, -0.2) is 0 Å².